The SMILES string of the molecule is CC(C)=C(C(=O)OCc1ccccc1)N1C(=O)C=C1[S+]([O-])Nc1onc(C)c1C. The predicted molar refractivity (Wildman–Crippen MR) is 107 cm³/mol. The van der Waals surface area contributed by atoms with Crippen molar-refractivity contribution in [1.82, 2.24) is 10.1 Å². The van der Waals surface area contributed by atoms with Crippen molar-refractivity contribution < 1.29 is 23.4 Å². The number of allylic oxidation sites excluding steroid dienone is 1. The van der Waals surface area contributed by atoms with E-state index in [0.717, 1.165) is 10.5 Å². The number of rotatable bonds is 7. The molecule has 1 aromatic carbocycles. The van der Waals surface area contributed by atoms with Gasteiger partial charge < -0.3 is 13.8 Å². The predicted octanol–water partition coefficient (Wildman–Crippen LogP) is 3.09. The van der Waals surface area contributed by atoms with E-state index in [4.69, 9.17) is 9.26 Å². The fourth-order valence-electron chi connectivity index (χ4n) is 2.59. The molecule has 2 heterocycles. The number of anilines is 1. The van der Waals surface area contributed by atoms with Gasteiger partial charge in [0.1, 0.15) is 23.7 Å². The zero-order valence-electron chi connectivity index (χ0n) is 16.5. The molecule has 0 saturated heterocycles. The Labute approximate surface area is 171 Å². The van der Waals surface area contributed by atoms with Crippen molar-refractivity contribution in [2.75, 3.05) is 4.72 Å². The molecule has 8 nitrogen and oxygen atoms in total. The van der Waals surface area contributed by atoms with Crippen molar-refractivity contribution in [2.45, 2.75) is 34.3 Å². The van der Waals surface area contributed by atoms with Gasteiger partial charge in [0.25, 0.3) is 16.8 Å². The van der Waals surface area contributed by atoms with Crippen LogP contribution < -0.4 is 4.72 Å². The number of aryl methyl sites for hydroxylation is 1. The van der Waals surface area contributed by atoms with Gasteiger partial charge in [-0.15, -0.1) is 0 Å². The van der Waals surface area contributed by atoms with Crippen LogP contribution in [0, 0.1) is 13.8 Å². The third-order valence-electron chi connectivity index (χ3n) is 4.32. The van der Waals surface area contributed by atoms with E-state index in [1.54, 1.807) is 27.7 Å². The molecule has 0 aliphatic carbocycles. The van der Waals surface area contributed by atoms with E-state index in [1.807, 2.05) is 30.3 Å². The van der Waals surface area contributed by atoms with Crippen LogP contribution in [0.1, 0.15) is 30.7 Å². The molecule has 2 aromatic rings. The second-order valence-corrected chi connectivity index (χ2v) is 7.82. The number of hydrogen-bond donors (Lipinski definition) is 1. The molecule has 9 heteroatoms. The zero-order valence-corrected chi connectivity index (χ0v) is 17.3. The maximum absolute atomic E-state index is 12.7. The summed E-state index contributed by atoms with van der Waals surface area (Å²) in [6.07, 6.45) is 1.20. The van der Waals surface area contributed by atoms with E-state index < -0.39 is 23.2 Å². The molecule has 1 atom stereocenters. The summed E-state index contributed by atoms with van der Waals surface area (Å²) in [5.41, 5.74) is 2.80. The highest BCUT2D eigenvalue weighted by Crippen LogP contribution is 2.32. The van der Waals surface area contributed by atoms with Crippen LogP contribution in [0.2, 0.25) is 0 Å². The van der Waals surface area contributed by atoms with E-state index in [-0.39, 0.29) is 23.2 Å². The Bertz CT molecular complexity index is 993. The van der Waals surface area contributed by atoms with Crippen molar-refractivity contribution >= 4 is 29.1 Å². The lowest BCUT2D eigenvalue weighted by atomic mass is 10.2. The molecule has 1 aromatic heterocycles. The summed E-state index contributed by atoms with van der Waals surface area (Å²) in [6.45, 7) is 6.96. The minimum Gasteiger partial charge on any atom is -0.587 e. The summed E-state index contributed by atoms with van der Waals surface area (Å²) in [6, 6.07) is 9.20. The number of hydrogen-bond acceptors (Lipinski definition) is 7. The Balaban J connectivity index is 1.74. The van der Waals surface area contributed by atoms with Crippen LogP contribution in [-0.2, 0) is 32.3 Å². The number of ether oxygens (including phenoxy) is 1. The van der Waals surface area contributed by atoms with Crippen LogP contribution in [0.25, 0.3) is 0 Å². The Morgan fingerprint density at radius 3 is 2.52 bits per heavy atom. The van der Waals surface area contributed by atoms with Gasteiger partial charge in [-0.1, -0.05) is 35.5 Å². The number of amides is 1. The van der Waals surface area contributed by atoms with Gasteiger partial charge in [-0.25, -0.2) is 9.69 Å². The van der Waals surface area contributed by atoms with Crippen LogP contribution >= 0.6 is 0 Å². The first-order valence-electron chi connectivity index (χ1n) is 8.85. The average molecular weight is 415 g/mol. The Hall–Kier alpha value is -3.04. The van der Waals surface area contributed by atoms with Crippen molar-refractivity contribution in [3.05, 3.63) is 69.5 Å². The van der Waals surface area contributed by atoms with Gasteiger partial charge in [-0.05, 0) is 38.8 Å². The van der Waals surface area contributed by atoms with Crippen LogP contribution in [-0.4, -0.2) is 26.5 Å². The molecular formula is C20H21N3O5S. The summed E-state index contributed by atoms with van der Waals surface area (Å²) in [5.74, 6) is -0.878. The van der Waals surface area contributed by atoms with E-state index in [0.29, 0.717) is 16.8 Å². The lowest BCUT2D eigenvalue weighted by Gasteiger charge is -2.31. The van der Waals surface area contributed by atoms with Crippen molar-refractivity contribution in [3.8, 4) is 0 Å². The van der Waals surface area contributed by atoms with E-state index in [1.165, 1.54) is 6.08 Å². The molecular weight excluding hydrogens is 394 g/mol. The van der Waals surface area contributed by atoms with Gasteiger partial charge in [0.2, 0.25) is 0 Å². The van der Waals surface area contributed by atoms with Crippen LogP contribution in [0.4, 0.5) is 5.88 Å². The van der Waals surface area contributed by atoms with Crippen molar-refractivity contribution in [1.29, 1.82) is 0 Å². The number of esters is 1. The highest BCUT2D eigenvalue weighted by Gasteiger charge is 2.43. The minimum absolute atomic E-state index is 0.0454. The summed E-state index contributed by atoms with van der Waals surface area (Å²) < 4.78 is 25.9. The van der Waals surface area contributed by atoms with Crippen LogP contribution in [0.15, 0.2) is 57.2 Å². The molecule has 0 fully saturated rings. The maximum atomic E-state index is 12.7. The third kappa shape index (κ3) is 4.36. The van der Waals surface area contributed by atoms with Gasteiger partial charge in [0, 0.05) is 5.56 Å². The molecule has 152 valence electrons. The molecule has 1 aliphatic rings. The van der Waals surface area contributed by atoms with E-state index in [2.05, 4.69) is 9.88 Å². The number of aromatic nitrogens is 1. The zero-order chi connectivity index (χ0) is 21.1. The summed E-state index contributed by atoms with van der Waals surface area (Å²) in [4.78, 5) is 26.0. The first-order valence-corrected chi connectivity index (χ1v) is 10.00. The normalized spacial score (nSPS) is 14.0. The average Bonchev–Trinajstić information content (AvgIpc) is 3.00. The number of carbonyl (C=O) groups excluding carboxylic acids is 2. The molecule has 1 amide bonds. The molecule has 0 spiro atoms. The summed E-state index contributed by atoms with van der Waals surface area (Å²) in [7, 11) is 0. The Morgan fingerprint density at radius 2 is 1.97 bits per heavy atom. The largest absolute Gasteiger partial charge is 0.587 e. The second-order valence-electron chi connectivity index (χ2n) is 6.66. The minimum atomic E-state index is -1.83. The van der Waals surface area contributed by atoms with Crippen LogP contribution in [0.3, 0.4) is 0 Å². The lowest BCUT2D eigenvalue weighted by molar-refractivity contribution is -0.144. The van der Waals surface area contributed by atoms with Gasteiger partial charge >= 0.3 is 5.97 Å². The molecule has 1 N–H and O–H groups in total. The monoisotopic (exact) mass is 415 g/mol. The number of benzene rings is 1. The number of nitrogens with zero attached hydrogens (tertiary/aromatic N) is 2. The van der Waals surface area contributed by atoms with Gasteiger partial charge in [0.05, 0.1) is 11.8 Å². The highest BCUT2D eigenvalue weighted by atomic mass is 32.2. The molecule has 29 heavy (non-hydrogen) atoms. The van der Waals surface area contributed by atoms with Crippen LogP contribution in [0.5, 0.6) is 0 Å². The third-order valence-corrected chi connectivity index (χ3v) is 5.37. The summed E-state index contributed by atoms with van der Waals surface area (Å²) in [5, 5.41) is 3.93. The fourth-order valence-corrected chi connectivity index (χ4v) is 3.61. The number of nitrogens with one attached hydrogen (secondary N) is 1. The van der Waals surface area contributed by atoms with E-state index in [9.17, 15) is 14.1 Å². The molecule has 1 unspecified atom stereocenters. The maximum Gasteiger partial charge on any atom is 0.355 e. The van der Waals surface area contributed by atoms with Gasteiger partial charge in [-0.3, -0.25) is 4.79 Å². The molecule has 0 radical (unpaired) electrons. The smallest absolute Gasteiger partial charge is 0.355 e. The number of carbonyl (C=O) groups is 2. The van der Waals surface area contributed by atoms with Gasteiger partial charge in [-0.2, -0.15) is 4.72 Å². The van der Waals surface area contributed by atoms with Gasteiger partial charge in [0.15, 0.2) is 0 Å². The molecule has 0 saturated carbocycles. The van der Waals surface area contributed by atoms with Crippen molar-refractivity contribution in [2.24, 2.45) is 0 Å². The fraction of sp³-hybridized carbons (Fsp3) is 0.250. The Kier molecular flexibility index (Phi) is 6.09. The first-order chi connectivity index (χ1) is 13.8. The topological polar surface area (TPSA) is 108 Å². The molecule has 0 bridgehead atoms. The highest BCUT2D eigenvalue weighted by molar-refractivity contribution is 7.96. The Morgan fingerprint density at radius 1 is 1.28 bits per heavy atom. The standard InChI is InChI=1S/C20H21N3O5S/c1-12(2)18(20(25)27-11-15-8-6-5-7-9-15)23-16(24)10-17(23)29(26)22-19-13(3)14(4)21-28-19/h5-10,22H,11H2,1-4H3. The van der Waals surface area contributed by atoms with E-state index >= 15 is 0 Å². The second kappa shape index (κ2) is 8.54. The first kappa shape index (κ1) is 20.7. The van der Waals surface area contributed by atoms with Crippen molar-refractivity contribution in [3.63, 3.8) is 0 Å². The lowest BCUT2D eigenvalue weighted by Crippen LogP contribution is -2.44. The molecule has 3 rings (SSSR count). The quantitative estimate of drug-likeness (QED) is 0.420. The summed E-state index contributed by atoms with van der Waals surface area (Å²) >= 11 is -1.83. The molecule has 1 aliphatic heterocycles.